The molecular formula is C20H30N4O2. The van der Waals surface area contributed by atoms with Crippen molar-refractivity contribution in [2.24, 2.45) is 11.5 Å². The fraction of sp³-hybridized carbons (Fsp3) is 0.400. The summed E-state index contributed by atoms with van der Waals surface area (Å²) in [6, 6.07) is 16.1. The molecule has 142 valence electrons. The van der Waals surface area contributed by atoms with Gasteiger partial charge in [0.1, 0.15) is 11.5 Å². The average molecular weight is 358 g/mol. The van der Waals surface area contributed by atoms with Crippen molar-refractivity contribution in [2.45, 2.75) is 13.1 Å². The summed E-state index contributed by atoms with van der Waals surface area (Å²) in [6.07, 6.45) is 0.0869. The van der Waals surface area contributed by atoms with Gasteiger partial charge in [0.15, 0.2) is 0 Å². The third-order valence-electron chi connectivity index (χ3n) is 4.45. The number of rotatable bonds is 10. The third kappa shape index (κ3) is 4.80. The number of hydrogen-bond acceptors (Lipinski definition) is 6. The largest absolute Gasteiger partial charge is 0.497 e. The number of benzene rings is 2. The van der Waals surface area contributed by atoms with Gasteiger partial charge in [-0.25, -0.2) is 0 Å². The summed E-state index contributed by atoms with van der Waals surface area (Å²) in [7, 11) is 3.34. The van der Waals surface area contributed by atoms with Gasteiger partial charge in [-0.15, -0.1) is 0 Å². The van der Waals surface area contributed by atoms with E-state index in [1.54, 1.807) is 14.2 Å². The number of methoxy groups -OCH3 is 2. The molecule has 0 spiro atoms. The monoisotopic (exact) mass is 358 g/mol. The quantitative estimate of drug-likeness (QED) is 0.635. The highest BCUT2D eigenvalue weighted by molar-refractivity contribution is 5.55. The Balaban J connectivity index is 2.30. The van der Waals surface area contributed by atoms with Gasteiger partial charge >= 0.3 is 0 Å². The number of ether oxygens (including phenoxy) is 2. The maximum absolute atomic E-state index is 5.89. The summed E-state index contributed by atoms with van der Waals surface area (Å²) in [4.78, 5) is 4.55. The first-order valence-corrected chi connectivity index (χ1v) is 8.86. The van der Waals surface area contributed by atoms with Gasteiger partial charge in [-0.2, -0.15) is 0 Å². The molecule has 2 rings (SSSR count). The summed E-state index contributed by atoms with van der Waals surface area (Å²) in [5.41, 5.74) is 14.0. The fourth-order valence-electron chi connectivity index (χ4n) is 3.06. The van der Waals surface area contributed by atoms with Crippen LogP contribution in [-0.4, -0.2) is 46.6 Å². The van der Waals surface area contributed by atoms with Crippen LogP contribution in [0.5, 0.6) is 11.5 Å². The van der Waals surface area contributed by atoms with E-state index >= 15 is 0 Å². The molecule has 0 fully saturated rings. The molecule has 4 N–H and O–H groups in total. The van der Waals surface area contributed by atoms with Crippen molar-refractivity contribution in [1.29, 1.82) is 0 Å². The molecule has 0 aliphatic rings. The molecule has 0 aromatic heterocycles. The van der Waals surface area contributed by atoms with Gasteiger partial charge in [0, 0.05) is 37.6 Å². The van der Waals surface area contributed by atoms with Crippen molar-refractivity contribution < 1.29 is 9.47 Å². The molecule has 0 amide bonds. The molecule has 0 saturated carbocycles. The van der Waals surface area contributed by atoms with Crippen LogP contribution in [0.25, 0.3) is 0 Å². The normalized spacial score (nSPS) is 10.7. The first kappa shape index (κ1) is 19.9. The lowest BCUT2D eigenvalue weighted by molar-refractivity contribution is 0.414. The smallest absolute Gasteiger partial charge is 0.119 e. The molecule has 0 radical (unpaired) electrons. The predicted molar refractivity (Wildman–Crippen MR) is 108 cm³/mol. The highest BCUT2D eigenvalue weighted by Crippen LogP contribution is 2.26. The minimum absolute atomic E-state index is 0.0869. The average Bonchev–Trinajstić information content (AvgIpc) is 2.70. The maximum Gasteiger partial charge on any atom is 0.119 e. The van der Waals surface area contributed by atoms with E-state index in [1.807, 2.05) is 24.3 Å². The Hall–Kier alpha value is -2.44. The van der Waals surface area contributed by atoms with Crippen LogP contribution in [0.1, 0.15) is 6.92 Å². The third-order valence-corrected chi connectivity index (χ3v) is 4.45. The highest BCUT2D eigenvalue weighted by Gasteiger charge is 2.21. The summed E-state index contributed by atoms with van der Waals surface area (Å²) in [5, 5.41) is 0. The fourth-order valence-corrected chi connectivity index (χ4v) is 3.06. The van der Waals surface area contributed by atoms with E-state index in [9.17, 15) is 0 Å². The van der Waals surface area contributed by atoms with E-state index in [-0.39, 0.29) is 6.17 Å². The molecule has 6 heteroatoms. The van der Waals surface area contributed by atoms with Crippen molar-refractivity contribution in [3.63, 3.8) is 0 Å². The van der Waals surface area contributed by atoms with Crippen molar-refractivity contribution >= 4 is 11.4 Å². The van der Waals surface area contributed by atoms with Gasteiger partial charge in [0.2, 0.25) is 0 Å². The van der Waals surface area contributed by atoms with Gasteiger partial charge in [-0.3, -0.25) is 0 Å². The predicted octanol–water partition coefficient (Wildman–Crippen LogP) is 2.28. The van der Waals surface area contributed by atoms with Crippen LogP contribution in [0.15, 0.2) is 48.5 Å². The summed E-state index contributed by atoms with van der Waals surface area (Å²) >= 11 is 0. The Morgan fingerprint density at radius 3 is 1.35 bits per heavy atom. The van der Waals surface area contributed by atoms with Crippen molar-refractivity contribution in [3.05, 3.63) is 48.5 Å². The minimum Gasteiger partial charge on any atom is -0.497 e. The van der Waals surface area contributed by atoms with Crippen LogP contribution >= 0.6 is 0 Å². The number of hydrogen-bond donors (Lipinski definition) is 2. The van der Waals surface area contributed by atoms with Crippen LogP contribution in [0.2, 0.25) is 0 Å². The van der Waals surface area contributed by atoms with Crippen molar-refractivity contribution in [3.8, 4) is 11.5 Å². The number of anilines is 2. The van der Waals surface area contributed by atoms with E-state index in [2.05, 4.69) is 41.0 Å². The van der Waals surface area contributed by atoms with Gasteiger partial charge in [-0.05, 0) is 55.5 Å². The van der Waals surface area contributed by atoms with Gasteiger partial charge in [-0.1, -0.05) is 0 Å². The highest BCUT2D eigenvalue weighted by atomic mass is 16.5. The van der Waals surface area contributed by atoms with Gasteiger partial charge in [0.05, 0.1) is 20.4 Å². The van der Waals surface area contributed by atoms with E-state index < -0.39 is 0 Å². The SMILES string of the molecule is COc1ccc(N(CCN)C(C)N(CCN)c2ccc(OC)cc2)cc1. The second kappa shape index (κ2) is 9.89. The Morgan fingerprint density at radius 2 is 1.08 bits per heavy atom. The van der Waals surface area contributed by atoms with Gasteiger partial charge in [0.25, 0.3) is 0 Å². The minimum atomic E-state index is 0.0869. The molecule has 26 heavy (non-hydrogen) atoms. The first-order chi connectivity index (χ1) is 12.6. The van der Waals surface area contributed by atoms with Crippen LogP contribution in [0.3, 0.4) is 0 Å². The molecule has 0 aliphatic carbocycles. The Kier molecular flexibility index (Phi) is 7.56. The molecule has 0 saturated heterocycles. The molecule has 0 bridgehead atoms. The van der Waals surface area contributed by atoms with Crippen LogP contribution in [-0.2, 0) is 0 Å². The van der Waals surface area contributed by atoms with Gasteiger partial charge < -0.3 is 30.7 Å². The molecule has 0 unspecified atom stereocenters. The van der Waals surface area contributed by atoms with Crippen LogP contribution in [0.4, 0.5) is 11.4 Å². The zero-order valence-electron chi connectivity index (χ0n) is 15.9. The lowest BCUT2D eigenvalue weighted by Crippen LogP contribution is -2.50. The van der Waals surface area contributed by atoms with Crippen LogP contribution < -0.4 is 30.7 Å². The van der Waals surface area contributed by atoms with Crippen LogP contribution in [0, 0.1) is 0 Å². The molecule has 0 heterocycles. The van der Waals surface area contributed by atoms with E-state index in [0.717, 1.165) is 36.0 Å². The second-order valence-corrected chi connectivity index (χ2v) is 5.99. The van der Waals surface area contributed by atoms with E-state index in [1.165, 1.54) is 0 Å². The zero-order valence-corrected chi connectivity index (χ0v) is 15.9. The molecule has 0 atom stereocenters. The van der Waals surface area contributed by atoms with Crippen molar-refractivity contribution in [1.82, 2.24) is 0 Å². The first-order valence-electron chi connectivity index (χ1n) is 8.86. The number of nitrogens with two attached hydrogens (primary N) is 2. The van der Waals surface area contributed by atoms with E-state index in [0.29, 0.717) is 13.1 Å². The number of nitrogens with zero attached hydrogens (tertiary/aromatic N) is 2. The lowest BCUT2D eigenvalue weighted by Gasteiger charge is -2.40. The summed E-state index contributed by atoms with van der Waals surface area (Å²) in [6.45, 7) is 4.78. The summed E-state index contributed by atoms with van der Waals surface area (Å²) < 4.78 is 10.5. The zero-order chi connectivity index (χ0) is 18.9. The Bertz CT molecular complexity index is 588. The summed E-state index contributed by atoms with van der Waals surface area (Å²) in [5.74, 6) is 1.67. The maximum atomic E-state index is 5.89. The molecule has 6 nitrogen and oxygen atoms in total. The van der Waals surface area contributed by atoms with Crippen molar-refractivity contribution in [2.75, 3.05) is 50.2 Å². The topological polar surface area (TPSA) is 77.0 Å². The standard InChI is InChI=1S/C20H30N4O2/c1-16(23(14-12-21)17-4-8-19(25-2)9-5-17)24(15-13-22)18-6-10-20(26-3)11-7-18/h4-11,16H,12-15,21-22H2,1-3H3. The molecule has 0 aliphatic heterocycles. The lowest BCUT2D eigenvalue weighted by atomic mass is 10.2. The molecule has 2 aromatic carbocycles. The molecule has 2 aromatic rings. The second-order valence-electron chi connectivity index (χ2n) is 5.99. The Morgan fingerprint density at radius 1 is 0.731 bits per heavy atom. The van der Waals surface area contributed by atoms with E-state index in [4.69, 9.17) is 20.9 Å². The molecular weight excluding hydrogens is 328 g/mol. The Labute approximate surface area is 156 Å².